The van der Waals surface area contributed by atoms with Gasteiger partial charge in [-0.2, -0.15) is 0 Å². The van der Waals surface area contributed by atoms with E-state index in [-0.39, 0.29) is 17.4 Å². The minimum absolute atomic E-state index is 0. The molecule has 0 spiro atoms. The van der Waals surface area contributed by atoms with Gasteiger partial charge in [0.05, 0.1) is 26.2 Å². The zero-order chi connectivity index (χ0) is 8.86. The number of quaternary nitrogens is 1. The van der Waals surface area contributed by atoms with E-state index in [1.54, 1.807) is 0 Å². The van der Waals surface area contributed by atoms with E-state index in [0.717, 1.165) is 0 Å². The molecule has 1 nitrogen and oxygen atoms in total. The number of hydrogen-bond acceptors (Lipinski definition) is 0. The van der Waals surface area contributed by atoms with Crippen molar-refractivity contribution in [3.8, 4) is 0 Å². The Bertz CT molecular complexity index is 119. The van der Waals surface area contributed by atoms with Gasteiger partial charge in [0.15, 0.2) is 17.4 Å². The zero-order valence-corrected chi connectivity index (χ0v) is 8.81. The molecule has 78 valence electrons. The molecule has 0 aromatic heterocycles. The van der Waals surface area contributed by atoms with Gasteiger partial charge in [0.2, 0.25) is 0 Å². The maximum absolute atomic E-state index is 2.36. The summed E-state index contributed by atoms with van der Waals surface area (Å²) in [7, 11) is 0. The average molecular weight is 200 g/mol. The number of nitrogens with zero attached hydrogens (tertiary/aromatic N) is 1. The van der Waals surface area contributed by atoms with Gasteiger partial charge in [-0.1, -0.05) is 13.3 Å². The van der Waals surface area contributed by atoms with E-state index in [1.807, 2.05) is 0 Å². The molecule has 0 bridgehead atoms. The molecule has 0 amide bonds. The minimum atomic E-state index is 0. The minimum Gasteiger partial charge on any atom is -0.324 e. The van der Waals surface area contributed by atoms with E-state index in [9.17, 15) is 0 Å². The number of likely N-dealkylation sites (tertiary alicyclic amines) is 1. The third kappa shape index (κ3) is 4.02. The lowest BCUT2D eigenvalue weighted by Gasteiger charge is -2.33. The van der Waals surface area contributed by atoms with Gasteiger partial charge >= 0.3 is 0 Å². The summed E-state index contributed by atoms with van der Waals surface area (Å²) in [6.07, 6.45) is 7.19. The summed E-state index contributed by atoms with van der Waals surface area (Å²) in [4.78, 5) is 0. The topological polar surface area (TPSA) is 0 Å². The molecule has 0 N–H and O–H groups in total. The third-order valence-electron chi connectivity index (χ3n) is 3.42. The lowest BCUT2D eigenvalue weighted by molar-refractivity contribution is -0.915. The Morgan fingerprint density at radius 2 is 1.62 bits per heavy atom. The second-order valence-electron chi connectivity index (χ2n) is 4.24. The molecule has 1 fully saturated rings. The Labute approximate surface area is 94.2 Å². The fourth-order valence-electron chi connectivity index (χ4n) is 2.40. The molecule has 1 aliphatic rings. The van der Waals surface area contributed by atoms with E-state index in [4.69, 9.17) is 0 Å². The molecule has 1 saturated heterocycles. The first kappa shape index (κ1) is 13.5. The molecular weight excluding hydrogens is 173 g/mol. The number of hydrogen-bond donors (Lipinski definition) is 0. The molecule has 1 heterocycles. The number of rotatable bonds is 5. The molecule has 1 rings (SSSR count). The van der Waals surface area contributed by atoms with Crippen LogP contribution >= 0.6 is 0 Å². The quantitative estimate of drug-likeness (QED) is 0.359. The van der Waals surface area contributed by atoms with Crippen LogP contribution in [0.1, 0.15) is 46.0 Å². The van der Waals surface area contributed by atoms with E-state index in [2.05, 4.69) is 13.8 Å². The fraction of sp³-hybridized carbons (Fsp3) is 1.00. The van der Waals surface area contributed by atoms with Gasteiger partial charge in [0.25, 0.3) is 0 Å². The van der Waals surface area contributed by atoms with E-state index in [1.165, 1.54) is 62.8 Å². The van der Waals surface area contributed by atoms with Crippen LogP contribution in [0.15, 0.2) is 0 Å². The van der Waals surface area contributed by atoms with Crippen LogP contribution in [0.2, 0.25) is 0 Å². The molecule has 0 unspecified atom stereocenters. The van der Waals surface area contributed by atoms with Crippen LogP contribution in [0.25, 0.3) is 0 Å². The zero-order valence-electron chi connectivity index (χ0n) is 8.81. The fourth-order valence-corrected chi connectivity index (χ4v) is 2.40. The van der Waals surface area contributed by atoms with Gasteiger partial charge in [-0.25, -0.2) is 0 Å². The van der Waals surface area contributed by atoms with Gasteiger partial charge in [-0.05, 0) is 19.8 Å². The van der Waals surface area contributed by atoms with Crippen molar-refractivity contribution in [3.05, 3.63) is 0 Å². The predicted molar refractivity (Wildman–Crippen MR) is 64.1 cm³/mol. The van der Waals surface area contributed by atoms with Gasteiger partial charge in [-0.3, -0.25) is 0 Å². The summed E-state index contributed by atoms with van der Waals surface area (Å²) < 4.78 is 1.43. The predicted octanol–water partition coefficient (Wildman–Crippen LogP) is 1.62. The molecule has 0 aliphatic carbocycles. The molecule has 0 saturated carbocycles. The Morgan fingerprint density at radius 1 is 1.00 bits per heavy atom. The molecule has 1 aliphatic heterocycles. The van der Waals surface area contributed by atoms with Crippen LogP contribution < -0.4 is 0 Å². The lowest BCUT2D eigenvalue weighted by Crippen LogP contribution is -2.45. The summed E-state index contributed by atoms with van der Waals surface area (Å²) >= 11 is 0. The van der Waals surface area contributed by atoms with Crippen molar-refractivity contribution in [2.45, 2.75) is 46.0 Å². The van der Waals surface area contributed by atoms with Crippen LogP contribution in [-0.2, 0) is 0 Å². The van der Waals surface area contributed by atoms with E-state index < -0.39 is 0 Å². The summed E-state index contributed by atoms with van der Waals surface area (Å²) in [5.74, 6) is 0. The van der Waals surface area contributed by atoms with Crippen molar-refractivity contribution in [3.63, 3.8) is 0 Å². The van der Waals surface area contributed by atoms with Gasteiger partial charge in [0.1, 0.15) is 0 Å². The third-order valence-corrected chi connectivity index (χ3v) is 3.42. The Kier molecular flexibility index (Phi) is 7.13. The van der Waals surface area contributed by atoms with Crippen LogP contribution in [-0.4, -0.2) is 48.0 Å². The van der Waals surface area contributed by atoms with Gasteiger partial charge in [-0.15, -0.1) is 0 Å². The van der Waals surface area contributed by atoms with Crippen molar-refractivity contribution in [1.82, 2.24) is 0 Å². The van der Waals surface area contributed by atoms with Gasteiger partial charge < -0.3 is 4.48 Å². The van der Waals surface area contributed by atoms with E-state index in [0.29, 0.717) is 0 Å². The summed E-state index contributed by atoms with van der Waals surface area (Å²) in [5, 5.41) is 0. The van der Waals surface area contributed by atoms with Crippen molar-refractivity contribution in [2.75, 3.05) is 26.2 Å². The summed E-state index contributed by atoms with van der Waals surface area (Å²) in [6.45, 7) is 10.4. The standard InChI is InChI=1S/C11H24N.Al.3H/c1-3-5-6-9-12(4-2)10-7-8-11-12;;;;/h3-11H2,1-2H3;;;;/q+1;;;;. The summed E-state index contributed by atoms with van der Waals surface area (Å²) in [6, 6.07) is 0. The number of unbranched alkanes of at least 4 members (excludes halogenated alkanes) is 2. The van der Waals surface area contributed by atoms with Crippen molar-refractivity contribution < 1.29 is 4.48 Å². The van der Waals surface area contributed by atoms with Crippen LogP contribution in [0.3, 0.4) is 0 Å². The SMILES string of the molecule is CCCCC[N+]1(CC)CCCC1.[AlH3]. The molecule has 13 heavy (non-hydrogen) atoms. The monoisotopic (exact) mass is 200 g/mol. The van der Waals surface area contributed by atoms with Crippen LogP contribution in [0.4, 0.5) is 0 Å². The highest BCUT2D eigenvalue weighted by Crippen LogP contribution is 2.20. The molecule has 0 radical (unpaired) electrons. The first-order valence-electron chi connectivity index (χ1n) is 5.68. The van der Waals surface area contributed by atoms with Crippen molar-refractivity contribution in [1.29, 1.82) is 0 Å². The largest absolute Gasteiger partial charge is 0.324 e. The smallest absolute Gasteiger partial charge is 0.187 e. The Hall–Kier alpha value is 0.492. The summed E-state index contributed by atoms with van der Waals surface area (Å²) in [5.41, 5.74) is 0. The van der Waals surface area contributed by atoms with Crippen molar-refractivity contribution >= 4 is 17.4 Å². The Balaban J connectivity index is 0.00000144. The molecule has 0 atom stereocenters. The molecule has 2 heteroatoms. The normalized spacial score (nSPS) is 19.8. The van der Waals surface area contributed by atoms with Crippen LogP contribution in [0, 0.1) is 0 Å². The van der Waals surface area contributed by atoms with E-state index >= 15 is 0 Å². The van der Waals surface area contributed by atoms with Crippen molar-refractivity contribution in [2.24, 2.45) is 0 Å². The molecule has 0 aromatic carbocycles. The highest BCUT2D eigenvalue weighted by atomic mass is 27.0. The first-order chi connectivity index (χ1) is 5.83. The highest BCUT2D eigenvalue weighted by Gasteiger charge is 2.28. The maximum Gasteiger partial charge on any atom is 0.187 e. The van der Waals surface area contributed by atoms with Gasteiger partial charge in [0, 0.05) is 12.8 Å². The molecular formula is C11H27AlN+. The first-order valence-corrected chi connectivity index (χ1v) is 5.68. The highest BCUT2D eigenvalue weighted by molar-refractivity contribution is 5.75. The van der Waals surface area contributed by atoms with Crippen LogP contribution in [0.5, 0.6) is 0 Å². The maximum atomic E-state index is 2.36. The molecule has 0 aromatic rings. The second-order valence-corrected chi connectivity index (χ2v) is 4.24. The lowest BCUT2D eigenvalue weighted by atomic mass is 10.2. The Morgan fingerprint density at radius 3 is 2.08 bits per heavy atom. The average Bonchev–Trinajstić information content (AvgIpc) is 2.55. The second kappa shape index (κ2) is 6.87.